The number of hydrogen-bond donors (Lipinski definition) is 2. The number of H-pyrrole nitrogens is 1. The molecule has 1 atom stereocenters. The number of aliphatic hydroxyl groups excluding tert-OH is 1. The van der Waals surface area contributed by atoms with Gasteiger partial charge in [-0.05, 0) is 54.4 Å². The van der Waals surface area contributed by atoms with Gasteiger partial charge in [-0.3, -0.25) is 14.6 Å². The summed E-state index contributed by atoms with van der Waals surface area (Å²) in [6, 6.07) is 21.5. The second kappa shape index (κ2) is 11.9. The lowest BCUT2D eigenvalue weighted by molar-refractivity contribution is -0.695. The summed E-state index contributed by atoms with van der Waals surface area (Å²) >= 11 is 0. The number of aryl methyl sites for hydroxylation is 2. The number of Topliss-reactive ketones (excluding diaryl/α,β-unsaturated/α-hetero) is 1. The van der Waals surface area contributed by atoms with Crippen molar-refractivity contribution in [2.45, 2.75) is 32.5 Å². The zero-order valence-electron chi connectivity index (χ0n) is 22.5. The van der Waals surface area contributed by atoms with E-state index in [1.807, 2.05) is 60.5 Å². The number of methoxy groups -OCH3 is 1. The van der Waals surface area contributed by atoms with Crippen LogP contribution in [-0.2, 0) is 22.7 Å². The van der Waals surface area contributed by atoms with Crippen molar-refractivity contribution in [3.05, 3.63) is 119 Å². The maximum absolute atomic E-state index is 13.3. The summed E-state index contributed by atoms with van der Waals surface area (Å²) in [7, 11) is 1.58. The summed E-state index contributed by atoms with van der Waals surface area (Å²) in [5.41, 5.74) is 3.43. The molecule has 40 heavy (non-hydrogen) atoms. The Morgan fingerprint density at radius 1 is 1.02 bits per heavy atom. The Morgan fingerprint density at radius 2 is 1.77 bits per heavy atom. The Labute approximate surface area is 233 Å². The van der Waals surface area contributed by atoms with Gasteiger partial charge in [0.25, 0.3) is 11.7 Å². The summed E-state index contributed by atoms with van der Waals surface area (Å²) in [5, 5.41) is 11.4. The van der Waals surface area contributed by atoms with Crippen LogP contribution in [-0.4, -0.2) is 40.3 Å². The SMILES string of the molecule is COc1ccc(C2/C(=C(\O)c3ccc(OCc4cccc(C)c4)cc3)C(=O)C(=O)N2CCC[n+]2cc[nH]c2)cc1. The van der Waals surface area contributed by atoms with Gasteiger partial charge < -0.3 is 19.5 Å². The van der Waals surface area contributed by atoms with Gasteiger partial charge in [0.1, 0.15) is 36.3 Å². The third kappa shape index (κ3) is 5.76. The van der Waals surface area contributed by atoms with Crippen LogP contribution in [0.2, 0.25) is 0 Å². The largest absolute Gasteiger partial charge is 0.507 e. The van der Waals surface area contributed by atoms with Gasteiger partial charge in [0.15, 0.2) is 0 Å². The molecule has 3 aromatic carbocycles. The summed E-state index contributed by atoms with van der Waals surface area (Å²) < 4.78 is 13.2. The van der Waals surface area contributed by atoms with E-state index >= 15 is 0 Å². The first-order valence-electron chi connectivity index (χ1n) is 13.2. The number of aromatic amines is 1. The Morgan fingerprint density at radius 3 is 2.45 bits per heavy atom. The third-order valence-electron chi connectivity index (χ3n) is 7.01. The number of nitrogens with zero attached hydrogens (tertiary/aromatic N) is 2. The number of imidazole rings is 1. The van der Waals surface area contributed by atoms with E-state index in [4.69, 9.17) is 9.47 Å². The zero-order chi connectivity index (χ0) is 28.1. The molecular weight excluding hydrogens is 506 g/mol. The van der Waals surface area contributed by atoms with Crippen LogP contribution in [0.3, 0.4) is 0 Å². The van der Waals surface area contributed by atoms with Gasteiger partial charge in [0, 0.05) is 18.5 Å². The molecule has 2 N–H and O–H groups in total. The highest BCUT2D eigenvalue weighted by molar-refractivity contribution is 6.46. The number of ether oxygens (including phenoxy) is 2. The van der Waals surface area contributed by atoms with E-state index < -0.39 is 17.7 Å². The molecule has 5 rings (SSSR count). The predicted molar refractivity (Wildman–Crippen MR) is 150 cm³/mol. The highest BCUT2D eigenvalue weighted by atomic mass is 16.5. The first-order chi connectivity index (χ1) is 19.4. The molecule has 1 aromatic heterocycles. The molecule has 204 valence electrons. The van der Waals surface area contributed by atoms with E-state index in [0.717, 1.165) is 11.1 Å². The van der Waals surface area contributed by atoms with Crippen molar-refractivity contribution < 1.29 is 28.7 Å². The van der Waals surface area contributed by atoms with E-state index in [0.29, 0.717) is 48.7 Å². The molecule has 8 heteroatoms. The van der Waals surface area contributed by atoms with Crippen LogP contribution in [0.25, 0.3) is 5.76 Å². The molecule has 8 nitrogen and oxygen atoms in total. The minimum absolute atomic E-state index is 0.0675. The van der Waals surface area contributed by atoms with Gasteiger partial charge >= 0.3 is 0 Å². The number of benzene rings is 3. The predicted octanol–water partition coefficient (Wildman–Crippen LogP) is 4.71. The van der Waals surface area contributed by atoms with Crippen molar-refractivity contribution in [2.24, 2.45) is 0 Å². The van der Waals surface area contributed by atoms with Crippen LogP contribution < -0.4 is 14.0 Å². The fourth-order valence-electron chi connectivity index (χ4n) is 4.96. The molecule has 4 aromatic rings. The standard InChI is InChI=1S/C32H31N3O5/c1-22-5-3-6-23(19-22)20-40-27-13-9-25(10-14-27)30(36)28-29(24-7-11-26(39-2)12-8-24)35(32(38)31(28)37)17-4-16-34-18-15-33-21-34/h3,5-15,18-19,21,29H,4,16-17,20H2,1-2H3,(H,36,37)/p+1. The van der Waals surface area contributed by atoms with Gasteiger partial charge in [-0.2, -0.15) is 0 Å². The average molecular weight is 539 g/mol. The lowest BCUT2D eigenvalue weighted by Crippen LogP contribution is -2.36. The first kappa shape index (κ1) is 26.7. The molecular formula is C32H32N3O5+. The highest BCUT2D eigenvalue weighted by Crippen LogP contribution is 2.40. The fraction of sp³-hybridized carbons (Fsp3) is 0.219. The number of carbonyl (C=O) groups excluding carboxylic acids is 2. The van der Waals surface area contributed by atoms with E-state index in [9.17, 15) is 14.7 Å². The number of nitrogens with one attached hydrogen (secondary N) is 1. The maximum Gasteiger partial charge on any atom is 0.295 e. The second-order valence-electron chi connectivity index (χ2n) is 9.77. The van der Waals surface area contributed by atoms with Crippen molar-refractivity contribution in [3.63, 3.8) is 0 Å². The number of amides is 1. The van der Waals surface area contributed by atoms with Crippen molar-refractivity contribution in [2.75, 3.05) is 13.7 Å². The molecule has 1 amide bonds. The lowest BCUT2D eigenvalue weighted by atomic mass is 9.95. The Kier molecular flexibility index (Phi) is 7.96. The monoisotopic (exact) mass is 538 g/mol. The molecule has 2 heterocycles. The van der Waals surface area contributed by atoms with Crippen molar-refractivity contribution in [1.82, 2.24) is 9.88 Å². The van der Waals surface area contributed by atoms with E-state index in [2.05, 4.69) is 11.1 Å². The quantitative estimate of drug-likeness (QED) is 0.132. The van der Waals surface area contributed by atoms with E-state index in [1.54, 1.807) is 48.4 Å². The summed E-state index contributed by atoms with van der Waals surface area (Å²) in [6.45, 7) is 3.47. The molecule has 0 radical (unpaired) electrons. The van der Waals surface area contributed by atoms with Crippen molar-refractivity contribution in [1.29, 1.82) is 0 Å². The minimum atomic E-state index is -0.723. The summed E-state index contributed by atoms with van der Waals surface area (Å²) in [6.07, 6.45) is 6.20. The number of carbonyl (C=O) groups is 2. The van der Waals surface area contributed by atoms with Gasteiger partial charge in [0.2, 0.25) is 6.33 Å². The topological polar surface area (TPSA) is 95.7 Å². The van der Waals surface area contributed by atoms with Gasteiger partial charge in [-0.15, -0.1) is 0 Å². The Bertz CT molecular complexity index is 1510. The van der Waals surface area contributed by atoms with Crippen LogP contribution in [0.15, 0.2) is 97.1 Å². The summed E-state index contributed by atoms with van der Waals surface area (Å²) in [5.74, 6) is -0.253. The number of rotatable bonds is 10. The number of likely N-dealkylation sites (tertiary alicyclic amines) is 1. The zero-order valence-corrected chi connectivity index (χ0v) is 22.5. The van der Waals surface area contributed by atoms with Crippen molar-refractivity contribution >= 4 is 17.4 Å². The van der Waals surface area contributed by atoms with Crippen LogP contribution in [0, 0.1) is 6.92 Å². The fourth-order valence-corrected chi connectivity index (χ4v) is 4.96. The molecule has 0 aliphatic carbocycles. The molecule has 1 saturated heterocycles. The van der Waals surface area contributed by atoms with E-state index in [1.165, 1.54) is 0 Å². The molecule has 0 bridgehead atoms. The highest BCUT2D eigenvalue weighted by Gasteiger charge is 2.45. The number of aliphatic hydroxyl groups is 1. The van der Waals surface area contributed by atoms with Crippen LogP contribution in [0.5, 0.6) is 11.5 Å². The lowest BCUT2D eigenvalue weighted by Gasteiger charge is -2.25. The van der Waals surface area contributed by atoms with Crippen LogP contribution in [0.1, 0.15) is 34.7 Å². The minimum Gasteiger partial charge on any atom is -0.507 e. The molecule has 1 aliphatic rings. The first-order valence-corrected chi connectivity index (χ1v) is 13.2. The molecule has 1 aliphatic heterocycles. The van der Waals surface area contributed by atoms with Crippen LogP contribution >= 0.6 is 0 Å². The molecule has 0 spiro atoms. The third-order valence-corrected chi connectivity index (χ3v) is 7.01. The normalized spacial score (nSPS) is 16.4. The Balaban J connectivity index is 1.41. The smallest absolute Gasteiger partial charge is 0.295 e. The van der Waals surface area contributed by atoms with Crippen LogP contribution in [0.4, 0.5) is 0 Å². The number of hydrogen-bond acceptors (Lipinski definition) is 5. The molecule has 1 unspecified atom stereocenters. The van der Waals surface area contributed by atoms with Crippen molar-refractivity contribution in [3.8, 4) is 11.5 Å². The Hall–Kier alpha value is -4.85. The van der Waals surface area contributed by atoms with Gasteiger partial charge in [0.05, 0.1) is 25.3 Å². The maximum atomic E-state index is 13.3. The molecule has 0 saturated carbocycles. The van der Waals surface area contributed by atoms with Gasteiger partial charge in [-0.25, -0.2) is 4.57 Å². The second-order valence-corrected chi connectivity index (χ2v) is 9.77. The van der Waals surface area contributed by atoms with E-state index in [-0.39, 0.29) is 11.3 Å². The van der Waals surface area contributed by atoms with Gasteiger partial charge in [-0.1, -0.05) is 42.0 Å². The summed E-state index contributed by atoms with van der Waals surface area (Å²) in [4.78, 5) is 31.1. The number of aromatic nitrogens is 2. The average Bonchev–Trinajstić information content (AvgIpc) is 3.58. The number of ketones is 1. The molecule has 1 fully saturated rings.